The number of rotatable bonds is 5. The summed E-state index contributed by atoms with van der Waals surface area (Å²) in [5.41, 5.74) is -0.900. The second-order valence-corrected chi connectivity index (χ2v) is 9.74. The Bertz CT molecular complexity index is 872. The zero-order chi connectivity index (χ0) is 20.8. The first-order valence-corrected chi connectivity index (χ1v) is 10.9. The maximum atomic E-state index is 13.4. The SMILES string of the molecule is CN(C)C1C[C@@H]2CC(N(C)C(=O)C(C)(C)Oc3cccc4ccccc34)C[C@@H]2C1. The van der Waals surface area contributed by atoms with Crippen LogP contribution in [-0.4, -0.2) is 54.5 Å². The normalized spacial score (nSPS) is 26.7. The van der Waals surface area contributed by atoms with Crippen molar-refractivity contribution < 1.29 is 9.53 Å². The Morgan fingerprint density at radius 2 is 1.48 bits per heavy atom. The van der Waals surface area contributed by atoms with E-state index in [1.165, 1.54) is 12.8 Å². The van der Waals surface area contributed by atoms with Gasteiger partial charge in [0, 0.05) is 24.5 Å². The summed E-state index contributed by atoms with van der Waals surface area (Å²) in [6, 6.07) is 15.2. The van der Waals surface area contributed by atoms with Gasteiger partial charge in [0.2, 0.25) is 0 Å². The van der Waals surface area contributed by atoms with Gasteiger partial charge in [-0.05, 0) is 76.9 Å². The molecule has 4 rings (SSSR count). The van der Waals surface area contributed by atoms with Gasteiger partial charge in [0.1, 0.15) is 5.75 Å². The number of likely N-dealkylation sites (N-methyl/N-ethyl adjacent to an activating group) is 1. The lowest BCUT2D eigenvalue weighted by atomic mass is 10.0. The summed E-state index contributed by atoms with van der Waals surface area (Å²) >= 11 is 0. The lowest BCUT2D eigenvalue weighted by molar-refractivity contribution is -0.146. The number of nitrogens with zero attached hydrogens (tertiary/aromatic N) is 2. The molecule has 4 heteroatoms. The van der Waals surface area contributed by atoms with Crippen molar-refractivity contribution in [3.63, 3.8) is 0 Å². The third kappa shape index (κ3) is 3.87. The van der Waals surface area contributed by atoms with E-state index in [0.29, 0.717) is 12.1 Å². The molecule has 1 amide bonds. The molecule has 0 saturated heterocycles. The molecule has 0 radical (unpaired) electrons. The molecule has 0 aliphatic heterocycles. The van der Waals surface area contributed by atoms with E-state index in [9.17, 15) is 4.79 Å². The molecule has 0 spiro atoms. The molecular weight excluding hydrogens is 360 g/mol. The van der Waals surface area contributed by atoms with Crippen LogP contribution in [0.2, 0.25) is 0 Å². The van der Waals surface area contributed by atoms with E-state index < -0.39 is 5.60 Å². The van der Waals surface area contributed by atoms with Crippen LogP contribution < -0.4 is 4.74 Å². The number of hydrogen-bond acceptors (Lipinski definition) is 3. The van der Waals surface area contributed by atoms with Crippen LogP contribution in [0.25, 0.3) is 10.8 Å². The van der Waals surface area contributed by atoms with Gasteiger partial charge in [-0.15, -0.1) is 0 Å². The van der Waals surface area contributed by atoms with Crippen molar-refractivity contribution in [3.05, 3.63) is 42.5 Å². The average molecular weight is 395 g/mol. The third-order valence-electron chi connectivity index (χ3n) is 7.19. The van der Waals surface area contributed by atoms with Crippen molar-refractivity contribution in [1.82, 2.24) is 9.80 Å². The van der Waals surface area contributed by atoms with E-state index in [2.05, 4.69) is 31.1 Å². The van der Waals surface area contributed by atoms with E-state index in [4.69, 9.17) is 4.74 Å². The fraction of sp³-hybridized carbons (Fsp3) is 0.560. The Morgan fingerprint density at radius 1 is 0.897 bits per heavy atom. The number of benzene rings is 2. The second-order valence-electron chi connectivity index (χ2n) is 9.74. The highest BCUT2D eigenvalue weighted by atomic mass is 16.5. The van der Waals surface area contributed by atoms with Crippen molar-refractivity contribution in [1.29, 1.82) is 0 Å². The van der Waals surface area contributed by atoms with Crippen LogP contribution in [0.4, 0.5) is 0 Å². The summed E-state index contributed by atoms with van der Waals surface area (Å²) in [5.74, 6) is 2.35. The van der Waals surface area contributed by atoms with E-state index >= 15 is 0 Å². The van der Waals surface area contributed by atoms with Gasteiger partial charge in [-0.25, -0.2) is 0 Å². The number of amides is 1. The highest BCUT2D eigenvalue weighted by Crippen LogP contribution is 2.46. The lowest BCUT2D eigenvalue weighted by Gasteiger charge is -2.34. The van der Waals surface area contributed by atoms with Crippen LogP contribution in [-0.2, 0) is 4.79 Å². The van der Waals surface area contributed by atoms with Gasteiger partial charge < -0.3 is 14.5 Å². The van der Waals surface area contributed by atoms with Gasteiger partial charge in [0.15, 0.2) is 5.60 Å². The molecule has 2 unspecified atom stereocenters. The Balaban J connectivity index is 1.44. The molecule has 4 atom stereocenters. The summed E-state index contributed by atoms with van der Waals surface area (Å²) in [6.07, 6.45) is 4.79. The predicted molar refractivity (Wildman–Crippen MR) is 118 cm³/mol. The molecule has 156 valence electrons. The molecule has 4 nitrogen and oxygen atoms in total. The number of carbonyl (C=O) groups is 1. The summed E-state index contributed by atoms with van der Waals surface area (Å²) in [4.78, 5) is 17.7. The summed E-state index contributed by atoms with van der Waals surface area (Å²) < 4.78 is 6.30. The first kappa shape index (κ1) is 20.2. The molecule has 2 aromatic rings. The number of hydrogen-bond donors (Lipinski definition) is 0. The monoisotopic (exact) mass is 394 g/mol. The lowest BCUT2D eigenvalue weighted by Crippen LogP contribution is -2.50. The van der Waals surface area contributed by atoms with Crippen LogP contribution in [0.15, 0.2) is 42.5 Å². The standard InChI is InChI=1S/C25H34N2O2/c1-25(2,29-23-12-8-10-17-9-6-7-11-22(17)23)24(28)27(5)21-15-18-13-20(26(3)4)14-19(18)16-21/h6-12,18-21H,13-16H2,1-5H3/t18-,19+,20?,21?. The maximum absolute atomic E-state index is 13.4. The average Bonchev–Trinajstić information content (AvgIpc) is 3.26. The van der Waals surface area contributed by atoms with Crippen LogP contribution in [0.1, 0.15) is 39.5 Å². The molecule has 0 aromatic heterocycles. The Hall–Kier alpha value is -2.07. The maximum Gasteiger partial charge on any atom is 0.266 e. The minimum absolute atomic E-state index is 0.0690. The van der Waals surface area contributed by atoms with Gasteiger partial charge >= 0.3 is 0 Å². The Kier molecular flexibility index (Phi) is 5.32. The molecular formula is C25H34N2O2. The van der Waals surface area contributed by atoms with Crippen LogP contribution in [0, 0.1) is 11.8 Å². The molecule has 2 aromatic carbocycles. The first-order chi connectivity index (χ1) is 13.8. The minimum atomic E-state index is -0.900. The first-order valence-electron chi connectivity index (χ1n) is 10.9. The molecule has 2 fully saturated rings. The van der Waals surface area contributed by atoms with Crippen molar-refractivity contribution >= 4 is 16.7 Å². The largest absolute Gasteiger partial charge is 0.477 e. The Morgan fingerprint density at radius 3 is 2.14 bits per heavy atom. The predicted octanol–water partition coefficient (Wildman–Crippen LogP) is 4.57. The smallest absolute Gasteiger partial charge is 0.266 e. The molecule has 0 bridgehead atoms. The van der Waals surface area contributed by atoms with E-state index in [-0.39, 0.29) is 5.91 Å². The number of ether oxygens (including phenoxy) is 1. The van der Waals surface area contributed by atoms with Crippen LogP contribution >= 0.6 is 0 Å². The highest BCUT2D eigenvalue weighted by Gasteiger charge is 2.46. The molecule has 29 heavy (non-hydrogen) atoms. The number of fused-ring (bicyclic) bond motifs is 2. The van der Waals surface area contributed by atoms with Crippen molar-refractivity contribution in [3.8, 4) is 5.75 Å². The van der Waals surface area contributed by atoms with Gasteiger partial charge in [-0.2, -0.15) is 0 Å². The number of carbonyl (C=O) groups excluding carboxylic acids is 1. The zero-order valence-corrected chi connectivity index (χ0v) is 18.4. The van der Waals surface area contributed by atoms with Gasteiger partial charge in [0.25, 0.3) is 5.91 Å². The van der Waals surface area contributed by atoms with E-state index in [0.717, 1.165) is 41.2 Å². The second kappa shape index (κ2) is 7.64. The molecule has 0 heterocycles. The quantitative estimate of drug-likeness (QED) is 0.744. The molecule has 2 saturated carbocycles. The fourth-order valence-electron chi connectivity index (χ4n) is 5.48. The topological polar surface area (TPSA) is 32.8 Å². The Labute approximate surface area is 174 Å². The molecule has 2 aliphatic carbocycles. The molecule has 0 N–H and O–H groups in total. The van der Waals surface area contributed by atoms with Crippen molar-refractivity contribution in [2.45, 2.75) is 57.2 Å². The summed E-state index contributed by atoms with van der Waals surface area (Å²) in [6.45, 7) is 3.79. The summed E-state index contributed by atoms with van der Waals surface area (Å²) in [5, 5.41) is 2.17. The fourth-order valence-corrected chi connectivity index (χ4v) is 5.48. The zero-order valence-electron chi connectivity index (χ0n) is 18.4. The van der Waals surface area contributed by atoms with E-state index in [1.807, 2.05) is 56.1 Å². The van der Waals surface area contributed by atoms with Crippen molar-refractivity contribution in [2.24, 2.45) is 11.8 Å². The summed E-state index contributed by atoms with van der Waals surface area (Å²) in [7, 11) is 6.34. The van der Waals surface area contributed by atoms with Gasteiger partial charge in [-0.3, -0.25) is 4.79 Å². The van der Waals surface area contributed by atoms with E-state index in [1.54, 1.807) is 0 Å². The third-order valence-corrected chi connectivity index (χ3v) is 7.19. The van der Waals surface area contributed by atoms with Crippen LogP contribution in [0.5, 0.6) is 5.75 Å². The van der Waals surface area contributed by atoms with Crippen molar-refractivity contribution in [2.75, 3.05) is 21.1 Å². The van der Waals surface area contributed by atoms with Gasteiger partial charge in [-0.1, -0.05) is 36.4 Å². The minimum Gasteiger partial charge on any atom is -0.477 e. The highest BCUT2D eigenvalue weighted by molar-refractivity contribution is 5.90. The van der Waals surface area contributed by atoms with Crippen LogP contribution in [0.3, 0.4) is 0 Å². The van der Waals surface area contributed by atoms with Gasteiger partial charge in [0.05, 0.1) is 0 Å². The molecule has 2 aliphatic rings.